The van der Waals surface area contributed by atoms with Crippen molar-refractivity contribution in [2.45, 2.75) is 27.4 Å². The number of alkyl halides is 2. The second-order valence-electron chi connectivity index (χ2n) is 9.16. The van der Waals surface area contributed by atoms with Crippen LogP contribution in [0.1, 0.15) is 37.0 Å². The molecule has 0 saturated carbocycles. The highest BCUT2D eigenvalue weighted by Crippen LogP contribution is 2.36. The van der Waals surface area contributed by atoms with Gasteiger partial charge in [0.25, 0.3) is 5.91 Å². The Morgan fingerprint density at radius 2 is 2.05 bits per heavy atom. The number of halogens is 2. The summed E-state index contributed by atoms with van der Waals surface area (Å²) in [4.78, 5) is 22.6. The molecule has 2 heterocycles. The molecular formula is C27H33F2N5O4. The van der Waals surface area contributed by atoms with Crippen molar-refractivity contribution in [1.29, 1.82) is 5.26 Å². The summed E-state index contributed by atoms with van der Waals surface area (Å²) in [7, 11) is 1.35. The number of aromatic nitrogens is 2. The third-order valence-corrected chi connectivity index (χ3v) is 6.09. The van der Waals surface area contributed by atoms with E-state index in [1.54, 1.807) is 26.0 Å². The van der Waals surface area contributed by atoms with Gasteiger partial charge < -0.3 is 24.5 Å². The summed E-state index contributed by atoms with van der Waals surface area (Å²) in [6.45, 7) is 6.01. The second kappa shape index (κ2) is 13.2. The molecule has 1 aliphatic rings. The van der Waals surface area contributed by atoms with Crippen molar-refractivity contribution in [1.82, 2.24) is 20.2 Å². The van der Waals surface area contributed by atoms with E-state index in [-0.39, 0.29) is 17.1 Å². The number of aromatic amines is 1. The van der Waals surface area contributed by atoms with Crippen molar-refractivity contribution < 1.29 is 27.8 Å². The molecule has 0 unspecified atom stereocenters. The quantitative estimate of drug-likeness (QED) is 0.418. The first-order valence-electron chi connectivity index (χ1n) is 12.2. The number of H-pyrrole nitrogens is 1. The number of nitrogens with one attached hydrogen (secondary N) is 2. The molecule has 9 nitrogen and oxygen atoms in total. The lowest BCUT2D eigenvalue weighted by Crippen LogP contribution is -2.41. The van der Waals surface area contributed by atoms with Gasteiger partial charge in [-0.25, -0.2) is 4.98 Å². The number of amides is 1. The van der Waals surface area contributed by atoms with Gasteiger partial charge in [0, 0.05) is 31.7 Å². The number of imidazole rings is 1. The van der Waals surface area contributed by atoms with E-state index in [1.807, 2.05) is 19.1 Å². The number of carbonyl (C=O) groups is 1. The number of allylic oxidation sites excluding steroid dienone is 3. The molecule has 204 valence electrons. The molecule has 1 aliphatic heterocycles. The van der Waals surface area contributed by atoms with E-state index in [1.165, 1.54) is 19.4 Å². The first kappa shape index (κ1) is 28.8. The van der Waals surface area contributed by atoms with Crippen LogP contribution in [-0.2, 0) is 4.74 Å². The van der Waals surface area contributed by atoms with E-state index in [9.17, 15) is 18.8 Å². The Kier molecular flexibility index (Phi) is 9.98. The maximum atomic E-state index is 13.3. The summed E-state index contributed by atoms with van der Waals surface area (Å²) in [6, 6.07) is 5.17. The molecule has 0 radical (unpaired) electrons. The molecule has 0 bridgehead atoms. The molecule has 0 aliphatic carbocycles. The van der Waals surface area contributed by atoms with Gasteiger partial charge in [0.2, 0.25) is 0 Å². The van der Waals surface area contributed by atoms with Gasteiger partial charge in [0.1, 0.15) is 22.9 Å². The topological polar surface area (TPSA) is 112 Å². The Morgan fingerprint density at radius 1 is 1.34 bits per heavy atom. The van der Waals surface area contributed by atoms with Gasteiger partial charge in [-0.15, -0.1) is 0 Å². The molecule has 0 spiro atoms. The Labute approximate surface area is 221 Å². The number of hydrogen-bond acceptors (Lipinski definition) is 7. The Bertz CT molecular complexity index is 1210. The SMILES string of the molecule is C/C=C\C(=C/c1ncc(-c2cc(OC)c(C(=O)NCCN3CCOCC3)c(OC(F)F)c2)[nH]1)C(C)(C)C#N. The average molecular weight is 530 g/mol. The van der Waals surface area contributed by atoms with E-state index in [0.29, 0.717) is 43.4 Å². The summed E-state index contributed by atoms with van der Waals surface area (Å²) in [6.07, 6.45) is 6.94. The standard InChI is InChI=1S/C27H33F2N5O4/c1-5-6-19(27(2,3)17-30)15-23-32-16-20(33-23)18-13-21(36-4)24(22(14-18)38-26(28)29)25(35)31-7-8-34-9-11-37-12-10-34/h5-6,13-16,26H,7-12H2,1-4H3,(H,31,35)(H,32,33)/b6-5-,19-15+. The molecule has 1 saturated heterocycles. The normalized spacial score (nSPS) is 15.1. The van der Waals surface area contributed by atoms with Crippen molar-refractivity contribution in [3.8, 4) is 28.8 Å². The molecule has 0 atom stereocenters. The zero-order chi connectivity index (χ0) is 27.7. The largest absolute Gasteiger partial charge is 0.496 e. The van der Waals surface area contributed by atoms with E-state index < -0.39 is 17.9 Å². The lowest BCUT2D eigenvalue weighted by molar-refractivity contribution is -0.0502. The minimum atomic E-state index is -3.15. The zero-order valence-electron chi connectivity index (χ0n) is 22.0. The van der Waals surface area contributed by atoms with Gasteiger partial charge in [0.05, 0.1) is 43.7 Å². The lowest BCUT2D eigenvalue weighted by atomic mass is 9.85. The number of methoxy groups -OCH3 is 1. The zero-order valence-corrected chi connectivity index (χ0v) is 22.0. The first-order chi connectivity index (χ1) is 18.2. The molecule has 38 heavy (non-hydrogen) atoms. The number of benzene rings is 1. The highest BCUT2D eigenvalue weighted by molar-refractivity contribution is 6.00. The van der Waals surface area contributed by atoms with Crippen LogP contribution in [0.3, 0.4) is 0 Å². The molecule has 11 heteroatoms. The van der Waals surface area contributed by atoms with Crippen molar-refractivity contribution in [3.63, 3.8) is 0 Å². The maximum Gasteiger partial charge on any atom is 0.387 e. The summed E-state index contributed by atoms with van der Waals surface area (Å²) in [5.74, 6) is -0.351. The fourth-order valence-corrected chi connectivity index (χ4v) is 3.94. The van der Waals surface area contributed by atoms with E-state index in [0.717, 1.165) is 18.7 Å². The van der Waals surface area contributed by atoms with Gasteiger partial charge in [-0.05, 0) is 44.6 Å². The smallest absolute Gasteiger partial charge is 0.387 e. The molecule has 1 amide bonds. The Balaban J connectivity index is 1.90. The minimum Gasteiger partial charge on any atom is -0.496 e. The highest BCUT2D eigenvalue weighted by Gasteiger charge is 2.24. The van der Waals surface area contributed by atoms with E-state index in [4.69, 9.17) is 14.2 Å². The summed E-state index contributed by atoms with van der Waals surface area (Å²) < 4.78 is 42.1. The molecule has 1 fully saturated rings. The van der Waals surface area contributed by atoms with Crippen molar-refractivity contribution in [2.24, 2.45) is 5.41 Å². The van der Waals surface area contributed by atoms with Gasteiger partial charge in [-0.1, -0.05) is 12.2 Å². The Morgan fingerprint density at radius 3 is 2.68 bits per heavy atom. The van der Waals surface area contributed by atoms with Gasteiger partial charge in [0.15, 0.2) is 0 Å². The van der Waals surface area contributed by atoms with Crippen LogP contribution in [0.5, 0.6) is 11.5 Å². The third-order valence-electron chi connectivity index (χ3n) is 6.09. The minimum absolute atomic E-state index is 0.0777. The van der Waals surface area contributed by atoms with Crippen LogP contribution in [0.25, 0.3) is 17.3 Å². The third kappa shape index (κ3) is 7.40. The van der Waals surface area contributed by atoms with Crippen molar-refractivity contribution >= 4 is 12.0 Å². The van der Waals surface area contributed by atoms with Crippen LogP contribution in [0.15, 0.2) is 36.1 Å². The first-order valence-corrected chi connectivity index (χ1v) is 12.2. The summed E-state index contributed by atoms with van der Waals surface area (Å²) >= 11 is 0. The number of ether oxygens (including phenoxy) is 3. The summed E-state index contributed by atoms with van der Waals surface area (Å²) in [5.41, 5.74) is 0.790. The predicted molar refractivity (Wildman–Crippen MR) is 139 cm³/mol. The number of nitriles is 1. The monoisotopic (exact) mass is 529 g/mol. The van der Waals surface area contributed by atoms with Crippen LogP contribution in [0.2, 0.25) is 0 Å². The number of nitrogens with zero attached hydrogens (tertiary/aromatic N) is 3. The molecule has 2 N–H and O–H groups in total. The predicted octanol–water partition coefficient (Wildman–Crippen LogP) is 4.26. The van der Waals surface area contributed by atoms with Crippen molar-refractivity contribution in [2.75, 3.05) is 46.5 Å². The number of hydrogen-bond donors (Lipinski definition) is 2. The molecule has 1 aromatic heterocycles. The number of morpholine rings is 1. The number of carbonyl (C=O) groups excluding carboxylic acids is 1. The van der Waals surface area contributed by atoms with E-state index >= 15 is 0 Å². The Hall–Kier alpha value is -3.75. The van der Waals surface area contributed by atoms with Crippen molar-refractivity contribution in [3.05, 3.63) is 47.4 Å². The van der Waals surface area contributed by atoms with Gasteiger partial charge in [-0.2, -0.15) is 14.0 Å². The highest BCUT2D eigenvalue weighted by atomic mass is 19.3. The van der Waals surface area contributed by atoms with Crippen LogP contribution in [0.4, 0.5) is 8.78 Å². The average Bonchev–Trinajstić information content (AvgIpc) is 3.37. The molecular weight excluding hydrogens is 496 g/mol. The molecule has 1 aromatic carbocycles. The second-order valence-corrected chi connectivity index (χ2v) is 9.16. The van der Waals surface area contributed by atoms with Gasteiger partial charge in [-0.3, -0.25) is 9.69 Å². The summed E-state index contributed by atoms with van der Waals surface area (Å²) in [5, 5.41) is 12.3. The lowest BCUT2D eigenvalue weighted by Gasteiger charge is -2.26. The fraction of sp³-hybridized carbons (Fsp3) is 0.444. The maximum absolute atomic E-state index is 13.3. The fourth-order valence-electron chi connectivity index (χ4n) is 3.94. The molecule has 2 aromatic rings. The van der Waals surface area contributed by atoms with E-state index in [2.05, 4.69) is 26.3 Å². The van der Waals surface area contributed by atoms with Crippen LogP contribution in [0, 0.1) is 16.7 Å². The van der Waals surface area contributed by atoms with Crippen LogP contribution < -0.4 is 14.8 Å². The molecule has 3 rings (SSSR count). The van der Waals surface area contributed by atoms with Gasteiger partial charge >= 0.3 is 6.61 Å². The number of rotatable bonds is 11. The van der Waals surface area contributed by atoms with Crippen LogP contribution in [-0.4, -0.2) is 73.9 Å². The van der Waals surface area contributed by atoms with Crippen LogP contribution >= 0.6 is 0 Å².